The third kappa shape index (κ3) is 13.1. The molecule has 0 atom stereocenters. The van der Waals surface area contributed by atoms with Crippen molar-refractivity contribution in [2.45, 2.75) is 156 Å². The number of likely N-dealkylation sites (tertiary alicyclic amines) is 4. The van der Waals surface area contributed by atoms with E-state index >= 15 is 0 Å². The maximum atomic E-state index is 13.0. The molecular formula is C40H74N4O2. The molecule has 0 unspecified atom stereocenters. The first kappa shape index (κ1) is 37.7. The number of carbonyl (C=O) groups is 2. The highest BCUT2D eigenvalue weighted by Gasteiger charge is 2.28. The van der Waals surface area contributed by atoms with Crippen LogP contribution in [0.4, 0.5) is 0 Å². The van der Waals surface area contributed by atoms with E-state index in [-0.39, 0.29) is 5.41 Å². The van der Waals surface area contributed by atoms with Crippen LogP contribution in [-0.4, -0.2) is 95.9 Å². The molecular weight excluding hydrogens is 568 g/mol. The molecule has 0 N–H and O–H groups in total. The zero-order valence-electron chi connectivity index (χ0n) is 31.3. The Hall–Kier alpha value is -1.14. The van der Waals surface area contributed by atoms with Gasteiger partial charge in [-0.15, -0.1) is 0 Å². The number of hydrogen-bond donors (Lipinski definition) is 0. The molecule has 0 spiro atoms. The second-order valence-electron chi connectivity index (χ2n) is 18.2. The first-order valence-electron chi connectivity index (χ1n) is 19.9. The van der Waals surface area contributed by atoms with E-state index in [9.17, 15) is 9.59 Å². The highest BCUT2D eigenvalue weighted by atomic mass is 16.2. The summed E-state index contributed by atoms with van der Waals surface area (Å²) in [5.74, 6) is 4.19. The minimum atomic E-state index is 0.235. The van der Waals surface area contributed by atoms with Crippen LogP contribution in [0.5, 0.6) is 0 Å². The number of carbonyl (C=O) groups excluding carboxylic acids is 2. The number of nitrogens with zero attached hydrogens (tertiary/aromatic N) is 4. The molecule has 4 saturated heterocycles. The maximum Gasteiger partial charge on any atom is 0.223 e. The van der Waals surface area contributed by atoms with Crippen molar-refractivity contribution < 1.29 is 9.59 Å². The van der Waals surface area contributed by atoms with E-state index in [1.807, 2.05) is 0 Å². The predicted molar refractivity (Wildman–Crippen MR) is 193 cm³/mol. The van der Waals surface area contributed by atoms with E-state index in [4.69, 9.17) is 0 Å². The molecule has 0 radical (unpaired) electrons. The molecule has 4 fully saturated rings. The molecule has 0 saturated carbocycles. The van der Waals surface area contributed by atoms with Crippen molar-refractivity contribution in [3.05, 3.63) is 0 Å². The highest BCUT2D eigenvalue weighted by molar-refractivity contribution is 5.76. The Morgan fingerprint density at radius 3 is 1.28 bits per heavy atom. The fourth-order valence-corrected chi connectivity index (χ4v) is 8.78. The molecule has 0 aromatic carbocycles. The van der Waals surface area contributed by atoms with Crippen molar-refractivity contribution in [3.63, 3.8) is 0 Å². The quantitative estimate of drug-likeness (QED) is 0.203. The van der Waals surface area contributed by atoms with Gasteiger partial charge in [-0.2, -0.15) is 0 Å². The van der Waals surface area contributed by atoms with E-state index in [1.165, 1.54) is 116 Å². The van der Waals surface area contributed by atoms with Gasteiger partial charge in [0.05, 0.1) is 0 Å². The van der Waals surface area contributed by atoms with Crippen molar-refractivity contribution in [1.82, 2.24) is 19.6 Å². The average Bonchev–Trinajstić information content (AvgIpc) is 3.03. The Bertz CT molecular complexity index is 891. The smallest absolute Gasteiger partial charge is 0.223 e. The molecule has 4 heterocycles. The summed E-state index contributed by atoms with van der Waals surface area (Å²) in [6.45, 7) is 23.5. The van der Waals surface area contributed by atoms with Crippen LogP contribution in [0.15, 0.2) is 0 Å². The van der Waals surface area contributed by atoms with Crippen LogP contribution in [0.3, 0.4) is 0 Å². The first-order chi connectivity index (χ1) is 21.9. The third-order valence-electron chi connectivity index (χ3n) is 12.4. The van der Waals surface area contributed by atoms with Gasteiger partial charge in [-0.25, -0.2) is 0 Å². The van der Waals surface area contributed by atoms with Gasteiger partial charge >= 0.3 is 0 Å². The molecule has 6 heteroatoms. The van der Waals surface area contributed by atoms with Crippen molar-refractivity contribution in [3.8, 4) is 0 Å². The predicted octanol–water partition coefficient (Wildman–Crippen LogP) is 8.24. The summed E-state index contributed by atoms with van der Waals surface area (Å²) in [5.41, 5.74) is 0.564. The fourth-order valence-electron chi connectivity index (χ4n) is 8.78. The monoisotopic (exact) mass is 643 g/mol. The van der Waals surface area contributed by atoms with Crippen molar-refractivity contribution in [1.29, 1.82) is 0 Å². The molecule has 0 bridgehead atoms. The zero-order valence-corrected chi connectivity index (χ0v) is 31.3. The number of rotatable bonds is 13. The lowest BCUT2D eigenvalue weighted by Gasteiger charge is -2.41. The van der Waals surface area contributed by atoms with E-state index in [0.717, 1.165) is 62.8 Å². The fraction of sp³-hybridized carbons (Fsp3) is 0.950. The Morgan fingerprint density at radius 1 is 0.522 bits per heavy atom. The summed E-state index contributed by atoms with van der Waals surface area (Å²) in [4.78, 5) is 35.1. The molecule has 46 heavy (non-hydrogen) atoms. The van der Waals surface area contributed by atoms with E-state index in [0.29, 0.717) is 30.2 Å². The van der Waals surface area contributed by atoms with Crippen LogP contribution in [0, 0.1) is 29.1 Å². The van der Waals surface area contributed by atoms with Gasteiger partial charge in [0, 0.05) is 51.1 Å². The van der Waals surface area contributed by atoms with Gasteiger partial charge in [-0.1, -0.05) is 59.3 Å². The van der Waals surface area contributed by atoms with Gasteiger partial charge in [-0.3, -0.25) is 14.5 Å². The average molecular weight is 643 g/mol. The second-order valence-corrected chi connectivity index (χ2v) is 18.2. The summed E-state index contributed by atoms with van der Waals surface area (Å²) in [7, 11) is 0. The Morgan fingerprint density at radius 2 is 0.891 bits per heavy atom. The van der Waals surface area contributed by atoms with Crippen LogP contribution in [-0.2, 0) is 9.59 Å². The maximum absolute atomic E-state index is 13.0. The van der Waals surface area contributed by atoms with Crippen LogP contribution in [0.25, 0.3) is 0 Å². The third-order valence-corrected chi connectivity index (χ3v) is 12.4. The lowest BCUT2D eigenvalue weighted by molar-refractivity contribution is -0.133. The summed E-state index contributed by atoms with van der Waals surface area (Å²) in [6, 6.07) is 0. The van der Waals surface area contributed by atoms with E-state index in [2.05, 4.69) is 61.1 Å². The van der Waals surface area contributed by atoms with Gasteiger partial charge in [0.25, 0.3) is 0 Å². The molecule has 6 nitrogen and oxygen atoms in total. The molecule has 0 aromatic heterocycles. The van der Waals surface area contributed by atoms with Crippen LogP contribution >= 0.6 is 0 Å². The van der Waals surface area contributed by atoms with Crippen molar-refractivity contribution in [2.24, 2.45) is 29.1 Å². The molecule has 2 amide bonds. The van der Waals surface area contributed by atoms with Crippen LogP contribution in [0.2, 0.25) is 0 Å². The summed E-state index contributed by atoms with van der Waals surface area (Å²) in [6.07, 6.45) is 20.8. The van der Waals surface area contributed by atoms with Crippen molar-refractivity contribution >= 4 is 11.8 Å². The van der Waals surface area contributed by atoms with Crippen LogP contribution in [0.1, 0.15) is 151 Å². The van der Waals surface area contributed by atoms with Gasteiger partial charge in [0.1, 0.15) is 0 Å². The SMILES string of the molecule is CC(C)(C)CCC(=O)N1CCC(CCCC2CCN(C(=O)CCN3CCC(CCCC4CCN(C(C)(C)C)CC4)CC3)CC2)CC1. The molecule has 4 aliphatic heterocycles. The molecule has 4 rings (SSSR count). The zero-order chi connectivity index (χ0) is 33.2. The summed E-state index contributed by atoms with van der Waals surface area (Å²) in [5, 5.41) is 0. The number of piperidine rings is 4. The Balaban J connectivity index is 0.982. The lowest BCUT2D eigenvalue weighted by Crippen LogP contribution is -2.46. The Kier molecular flexibility index (Phi) is 14.8. The molecule has 4 aliphatic rings. The normalized spacial score (nSPS) is 22.9. The number of amides is 2. The minimum Gasteiger partial charge on any atom is -0.343 e. The summed E-state index contributed by atoms with van der Waals surface area (Å²) >= 11 is 0. The molecule has 266 valence electrons. The lowest BCUT2D eigenvalue weighted by atomic mass is 9.86. The van der Waals surface area contributed by atoms with Crippen LogP contribution < -0.4 is 0 Å². The summed E-state index contributed by atoms with van der Waals surface area (Å²) < 4.78 is 0. The number of hydrogen-bond acceptors (Lipinski definition) is 4. The van der Waals surface area contributed by atoms with E-state index in [1.54, 1.807) is 0 Å². The highest BCUT2D eigenvalue weighted by Crippen LogP contribution is 2.31. The standard InChI is InChI=1S/C40H74N4O2/c1-39(2,3)23-13-37(45)42-27-16-34(17-28-42)10-8-11-35-18-29-43(30-19-35)38(46)22-26-41-24-14-33(15-25-41)9-7-12-36-20-31-44(32-21-36)40(4,5)6/h33-36H,7-32H2,1-6H3. The minimum absolute atomic E-state index is 0.235. The van der Waals surface area contributed by atoms with Gasteiger partial charge in [-0.05, 0) is 134 Å². The molecule has 0 aliphatic carbocycles. The van der Waals surface area contributed by atoms with Gasteiger partial charge < -0.3 is 14.7 Å². The van der Waals surface area contributed by atoms with Gasteiger partial charge in [0.2, 0.25) is 11.8 Å². The Labute approximate surface area is 284 Å². The topological polar surface area (TPSA) is 47.1 Å². The van der Waals surface area contributed by atoms with E-state index < -0.39 is 0 Å². The van der Waals surface area contributed by atoms with Gasteiger partial charge in [0.15, 0.2) is 0 Å². The largest absolute Gasteiger partial charge is 0.343 e. The molecule has 0 aromatic rings. The first-order valence-corrected chi connectivity index (χ1v) is 19.9. The second kappa shape index (κ2) is 18.0. The van der Waals surface area contributed by atoms with Crippen molar-refractivity contribution in [2.75, 3.05) is 58.9 Å².